The van der Waals surface area contributed by atoms with Gasteiger partial charge < -0.3 is 23.0 Å². The number of terminal acetylenes is 1. The van der Waals surface area contributed by atoms with Crippen LogP contribution in [0.2, 0.25) is 0 Å². The second-order valence-electron chi connectivity index (χ2n) is 8.15. The Bertz CT molecular complexity index is 1240. The van der Waals surface area contributed by atoms with Gasteiger partial charge in [0.25, 0.3) is 0 Å². The van der Waals surface area contributed by atoms with Gasteiger partial charge in [0.15, 0.2) is 0 Å². The van der Waals surface area contributed by atoms with Gasteiger partial charge in [0, 0.05) is 18.0 Å². The summed E-state index contributed by atoms with van der Waals surface area (Å²) in [5.41, 5.74) is 4.74. The van der Waals surface area contributed by atoms with Crippen molar-refractivity contribution in [1.82, 2.24) is 5.32 Å². The van der Waals surface area contributed by atoms with E-state index in [2.05, 4.69) is 11.2 Å². The molecular formula is C26H22BF3KNO2. The number of ether oxygens (including phenoxy) is 1. The van der Waals surface area contributed by atoms with Crippen molar-refractivity contribution < 1.29 is 73.9 Å². The fraction of sp³-hybridized carbons (Fsp3) is 0.192. The number of alkyl carbamates (subject to hydrolysis) is 1. The monoisotopic (exact) mass is 487 g/mol. The maximum absolute atomic E-state index is 13.5. The van der Waals surface area contributed by atoms with Crippen LogP contribution in [0.1, 0.15) is 39.3 Å². The molecule has 168 valence electrons. The van der Waals surface area contributed by atoms with Crippen molar-refractivity contribution in [1.29, 1.82) is 0 Å². The van der Waals surface area contributed by atoms with Crippen LogP contribution in [0, 0.1) is 26.2 Å². The van der Waals surface area contributed by atoms with Gasteiger partial charge in [-0.15, -0.1) is 11.9 Å². The van der Waals surface area contributed by atoms with Crippen LogP contribution in [0.3, 0.4) is 0 Å². The molecule has 34 heavy (non-hydrogen) atoms. The molecule has 3 nitrogen and oxygen atoms in total. The molecule has 3 aromatic carbocycles. The summed E-state index contributed by atoms with van der Waals surface area (Å²) in [7, 11) is 0. The summed E-state index contributed by atoms with van der Waals surface area (Å²) < 4.78 is 46.0. The minimum Gasteiger partial charge on any atom is -0.449 e. The van der Waals surface area contributed by atoms with Crippen molar-refractivity contribution in [3.8, 4) is 23.5 Å². The molecule has 0 aliphatic heterocycles. The molecule has 0 saturated heterocycles. The molecular weight excluding hydrogens is 465 g/mol. The molecule has 0 fully saturated rings. The van der Waals surface area contributed by atoms with Gasteiger partial charge in [0.1, 0.15) is 6.61 Å². The van der Waals surface area contributed by atoms with Crippen molar-refractivity contribution in [2.45, 2.75) is 26.3 Å². The normalized spacial score (nSPS) is 12.2. The molecule has 0 saturated carbocycles. The number of benzene rings is 3. The number of nitrogens with one attached hydrogen (secondary N) is 1. The Labute approximate surface area is 240 Å². The Morgan fingerprint density at radius 1 is 1.03 bits per heavy atom. The second kappa shape index (κ2) is 10.7. The molecule has 4 rings (SSSR count). The summed E-state index contributed by atoms with van der Waals surface area (Å²) in [5.74, 6) is 2.25. The maximum Gasteiger partial charge on any atom is 1.00 e. The molecule has 1 amide bonds. The zero-order valence-corrected chi connectivity index (χ0v) is 22.4. The Morgan fingerprint density at radius 3 is 2.12 bits per heavy atom. The minimum atomic E-state index is -5.23. The molecule has 0 atom stereocenters. The average molecular weight is 487 g/mol. The van der Waals surface area contributed by atoms with Crippen molar-refractivity contribution in [3.63, 3.8) is 0 Å². The smallest absolute Gasteiger partial charge is 0.449 e. The molecule has 1 N–H and O–H groups in total. The van der Waals surface area contributed by atoms with Gasteiger partial charge in [-0.25, -0.2) is 4.79 Å². The Morgan fingerprint density at radius 2 is 1.59 bits per heavy atom. The summed E-state index contributed by atoms with van der Waals surface area (Å²) in [6.07, 6.45) is 4.77. The molecule has 0 aromatic heterocycles. The molecule has 0 radical (unpaired) electrons. The number of hydrogen-bond acceptors (Lipinski definition) is 2. The third kappa shape index (κ3) is 5.14. The summed E-state index contributed by atoms with van der Waals surface area (Å²) >= 11 is 0. The molecule has 0 heterocycles. The molecule has 8 heteroatoms. The van der Waals surface area contributed by atoms with Crippen molar-refractivity contribution in [2.75, 3.05) is 6.61 Å². The van der Waals surface area contributed by atoms with Crippen LogP contribution >= 0.6 is 0 Å². The van der Waals surface area contributed by atoms with Crippen LogP contribution in [0.25, 0.3) is 11.1 Å². The topological polar surface area (TPSA) is 38.3 Å². The predicted molar refractivity (Wildman–Crippen MR) is 124 cm³/mol. The van der Waals surface area contributed by atoms with Gasteiger partial charge in [-0.1, -0.05) is 66.1 Å². The first-order chi connectivity index (χ1) is 15.7. The minimum absolute atomic E-state index is 0. The first-order valence-electron chi connectivity index (χ1n) is 10.6. The van der Waals surface area contributed by atoms with Gasteiger partial charge in [-0.2, -0.15) is 0 Å². The number of amides is 1. The fourth-order valence-corrected chi connectivity index (χ4v) is 4.55. The number of halogens is 3. The van der Waals surface area contributed by atoms with E-state index < -0.39 is 18.5 Å². The van der Waals surface area contributed by atoms with E-state index in [1.165, 1.54) is 6.92 Å². The first-order valence-corrected chi connectivity index (χ1v) is 10.6. The van der Waals surface area contributed by atoms with Crippen molar-refractivity contribution in [3.05, 3.63) is 88.0 Å². The summed E-state index contributed by atoms with van der Waals surface area (Å²) in [5, 5.41) is 2.57. The van der Waals surface area contributed by atoms with E-state index in [1.807, 2.05) is 48.5 Å². The molecule has 0 unspecified atom stereocenters. The van der Waals surface area contributed by atoms with E-state index >= 15 is 0 Å². The van der Waals surface area contributed by atoms with E-state index in [-0.39, 0.29) is 81.6 Å². The summed E-state index contributed by atoms with van der Waals surface area (Å²) in [4.78, 5) is 12.4. The van der Waals surface area contributed by atoms with E-state index in [0.29, 0.717) is 11.1 Å². The second-order valence-corrected chi connectivity index (χ2v) is 8.15. The Balaban J connectivity index is 0.00000324. The molecule has 3 aromatic rings. The summed E-state index contributed by atoms with van der Waals surface area (Å²) in [6.45, 7) is -2.19. The van der Waals surface area contributed by atoms with E-state index in [9.17, 15) is 17.7 Å². The third-order valence-corrected chi connectivity index (χ3v) is 6.26. The molecule has 0 spiro atoms. The van der Waals surface area contributed by atoms with Gasteiger partial charge in [0.05, 0.1) is 0 Å². The van der Waals surface area contributed by atoms with Crippen molar-refractivity contribution >= 4 is 18.5 Å². The van der Waals surface area contributed by atoms with E-state index in [0.717, 1.165) is 28.3 Å². The van der Waals surface area contributed by atoms with Crippen LogP contribution in [0.4, 0.5) is 17.7 Å². The number of hydrogen-bond donors (Lipinski definition) is 1. The van der Waals surface area contributed by atoms with Crippen LogP contribution in [-0.2, 0) is 11.3 Å². The molecule has 1 aliphatic rings. The van der Waals surface area contributed by atoms with Crippen LogP contribution < -0.4 is 62.2 Å². The van der Waals surface area contributed by atoms with Crippen LogP contribution in [0.15, 0.2) is 54.6 Å². The zero-order valence-electron chi connectivity index (χ0n) is 19.3. The van der Waals surface area contributed by atoms with Crippen LogP contribution in [-0.4, -0.2) is 19.7 Å². The predicted octanol–water partition coefficient (Wildman–Crippen LogP) is 2.38. The number of carbonyl (C=O) groups excluding carboxylic acids is 1. The van der Waals surface area contributed by atoms with Gasteiger partial charge >= 0.3 is 64.5 Å². The van der Waals surface area contributed by atoms with Crippen molar-refractivity contribution in [2.24, 2.45) is 0 Å². The maximum atomic E-state index is 13.5. The Kier molecular flexibility index (Phi) is 8.38. The SMILES string of the molecule is C#Cc1c(C)c(CNC(=O)OCC2c3ccccc3-c3ccccc32)cc([B-](F)(F)F)c1C.[K+]. The summed E-state index contributed by atoms with van der Waals surface area (Å²) in [6, 6.07) is 17.0. The molecule has 1 aliphatic carbocycles. The van der Waals surface area contributed by atoms with Gasteiger partial charge in [-0.05, 0) is 47.2 Å². The average Bonchev–Trinajstić information content (AvgIpc) is 3.10. The zero-order chi connectivity index (χ0) is 23.8. The van der Waals surface area contributed by atoms with E-state index in [1.54, 1.807) is 6.92 Å². The van der Waals surface area contributed by atoms with E-state index in [4.69, 9.17) is 11.2 Å². The molecule has 0 bridgehead atoms. The standard InChI is InChI=1S/C26H22BF3NO2.K/c1-4-19-16(2)18(13-25(17(19)3)27(28,29)30)14-31-26(32)33-15-24-22-11-7-5-9-20(22)21-10-6-8-12-23(21)24;/h1,5-13,24H,14-15H2,2-3H3,(H,31,32);/q-1;+1. The fourth-order valence-electron chi connectivity index (χ4n) is 4.55. The Hall–Kier alpha value is -2.02. The number of fused-ring (bicyclic) bond motifs is 3. The quantitative estimate of drug-likeness (QED) is 0.444. The van der Waals surface area contributed by atoms with Gasteiger partial charge in [-0.3, -0.25) is 0 Å². The number of carbonyl (C=O) groups is 1. The van der Waals surface area contributed by atoms with Crippen LogP contribution in [0.5, 0.6) is 0 Å². The third-order valence-electron chi connectivity index (χ3n) is 6.26. The first kappa shape index (κ1) is 26.6. The largest absolute Gasteiger partial charge is 1.00 e. The van der Waals surface area contributed by atoms with Gasteiger partial charge in [0.2, 0.25) is 0 Å². The number of rotatable bonds is 5.